The molecule has 0 aromatic heterocycles. The van der Waals surface area contributed by atoms with Crippen molar-refractivity contribution in [2.24, 2.45) is 0 Å². The van der Waals surface area contributed by atoms with E-state index in [1.807, 2.05) is 0 Å². The summed E-state index contributed by atoms with van der Waals surface area (Å²) in [6, 6.07) is 100. The van der Waals surface area contributed by atoms with Gasteiger partial charge in [-0.2, -0.15) is 0 Å². The molecule has 0 bridgehead atoms. The molecular weight excluding hydrogens is 889 g/mol. The third-order valence-corrected chi connectivity index (χ3v) is 16.3. The summed E-state index contributed by atoms with van der Waals surface area (Å²) in [6.45, 7) is 0. The molecule has 0 atom stereocenters. The molecule has 0 saturated heterocycles. The summed E-state index contributed by atoms with van der Waals surface area (Å²) in [5.74, 6) is 0. The number of benzene rings is 16. The van der Waals surface area contributed by atoms with E-state index in [0.29, 0.717) is 0 Å². The van der Waals surface area contributed by atoms with Crippen LogP contribution in [0, 0.1) is 0 Å². The molecule has 16 aromatic rings. The number of fused-ring (bicyclic) bond motifs is 17. The Morgan fingerprint density at radius 1 is 0.135 bits per heavy atom. The first-order valence-electron chi connectivity index (χ1n) is 25.8. The Morgan fingerprint density at radius 2 is 0.392 bits per heavy atom. The van der Waals surface area contributed by atoms with E-state index >= 15 is 0 Å². The molecule has 74 heavy (non-hydrogen) atoms. The Morgan fingerprint density at radius 3 is 0.730 bits per heavy atom. The van der Waals surface area contributed by atoms with Gasteiger partial charge in [-0.1, -0.05) is 231 Å². The SMILES string of the molecule is c1ccc(-c2c3ccccc3c(-c3ccc4c5ccccc5c5c6cc(-c7c8ccccc8c(-c8ccccc8)c8cc9ccccc9cc78)ccc6c6ccccc6c5c4c3)c3cc4ccccc4cc23)cc1. The molecular formula is C74H44. The van der Waals surface area contributed by atoms with Crippen LogP contribution in [-0.4, -0.2) is 0 Å². The van der Waals surface area contributed by atoms with Gasteiger partial charge in [-0.05, 0) is 199 Å². The molecule has 0 unspecified atom stereocenters. The van der Waals surface area contributed by atoms with Crippen molar-refractivity contribution in [3.63, 3.8) is 0 Å². The molecule has 16 rings (SSSR count). The van der Waals surface area contributed by atoms with Crippen LogP contribution in [0.5, 0.6) is 0 Å². The topological polar surface area (TPSA) is 0 Å². The zero-order chi connectivity index (χ0) is 48.4. The summed E-state index contributed by atoms with van der Waals surface area (Å²) in [6.07, 6.45) is 0. The summed E-state index contributed by atoms with van der Waals surface area (Å²) < 4.78 is 0. The molecule has 0 N–H and O–H groups in total. The van der Waals surface area contributed by atoms with E-state index in [2.05, 4.69) is 267 Å². The number of rotatable bonds is 4. The van der Waals surface area contributed by atoms with Crippen LogP contribution in [0.1, 0.15) is 0 Å². The van der Waals surface area contributed by atoms with Crippen LogP contribution in [0.3, 0.4) is 0 Å². The molecule has 0 saturated carbocycles. The van der Waals surface area contributed by atoms with E-state index in [1.54, 1.807) is 0 Å². The summed E-state index contributed by atoms with van der Waals surface area (Å²) in [4.78, 5) is 0. The molecule has 0 nitrogen and oxygen atoms in total. The Bertz CT molecular complexity index is 4720. The fraction of sp³-hybridized carbons (Fsp3) is 0. The molecule has 16 aromatic carbocycles. The lowest BCUT2D eigenvalue weighted by atomic mass is 9.82. The van der Waals surface area contributed by atoms with Gasteiger partial charge in [0.15, 0.2) is 0 Å². The van der Waals surface area contributed by atoms with Crippen molar-refractivity contribution in [3.8, 4) is 44.5 Å². The first-order valence-corrected chi connectivity index (χ1v) is 25.8. The Labute approximate surface area is 427 Å². The summed E-state index contributed by atoms with van der Waals surface area (Å²) in [5, 5.41) is 27.7. The van der Waals surface area contributed by atoms with E-state index < -0.39 is 0 Å². The zero-order valence-electron chi connectivity index (χ0n) is 40.4. The van der Waals surface area contributed by atoms with Crippen LogP contribution in [-0.2, 0) is 0 Å². The average molecular weight is 933 g/mol. The van der Waals surface area contributed by atoms with Crippen LogP contribution < -0.4 is 0 Å². The van der Waals surface area contributed by atoms with Gasteiger partial charge in [0.25, 0.3) is 0 Å². The largest absolute Gasteiger partial charge is 0.0622 e. The highest BCUT2D eigenvalue weighted by molar-refractivity contribution is 6.40. The first-order chi connectivity index (χ1) is 36.7. The summed E-state index contributed by atoms with van der Waals surface area (Å²) in [5.41, 5.74) is 9.97. The maximum atomic E-state index is 2.53. The fourth-order valence-corrected chi connectivity index (χ4v) is 13.2. The molecule has 0 heterocycles. The predicted molar refractivity (Wildman–Crippen MR) is 321 cm³/mol. The number of hydrogen-bond acceptors (Lipinski definition) is 0. The van der Waals surface area contributed by atoms with E-state index in [-0.39, 0.29) is 0 Å². The van der Waals surface area contributed by atoms with Gasteiger partial charge in [-0.15, -0.1) is 0 Å². The highest BCUT2D eigenvalue weighted by atomic mass is 14.3. The van der Waals surface area contributed by atoms with E-state index in [4.69, 9.17) is 0 Å². The van der Waals surface area contributed by atoms with Crippen molar-refractivity contribution in [2.75, 3.05) is 0 Å². The third kappa shape index (κ3) is 5.97. The van der Waals surface area contributed by atoms with Crippen LogP contribution in [0.25, 0.3) is 163 Å². The minimum Gasteiger partial charge on any atom is -0.0622 e. The summed E-state index contributed by atoms with van der Waals surface area (Å²) >= 11 is 0. The lowest BCUT2D eigenvalue weighted by Crippen LogP contribution is -1.93. The maximum absolute atomic E-state index is 2.53. The van der Waals surface area contributed by atoms with Gasteiger partial charge in [0.2, 0.25) is 0 Å². The van der Waals surface area contributed by atoms with Crippen LogP contribution >= 0.6 is 0 Å². The Balaban J connectivity index is 1.05. The molecule has 0 aliphatic carbocycles. The molecule has 0 fully saturated rings. The van der Waals surface area contributed by atoms with E-state index in [1.165, 1.54) is 163 Å². The second-order valence-electron chi connectivity index (χ2n) is 20.2. The van der Waals surface area contributed by atoms with Crippen molar-refractivity contribution < 1.29 is 0 Å². The van der Waals surface area contributed by atoms with Gasteiger partial charge in [-0.3, -0.25) is 0 Å². The van der Waals surface area contributed by atoms with Gasteiger partial charge in [0, 0.05) is 0 Å². The van der Waals surface area contributed by atoms with Crippen molar-refractivity contribution >= 4 is 118 Å². The first kappa shape index (κ1) is 41.0. The summed E-state index contributed by atoms with van der Waals surface area (Å²) in [7, 11) is 0. The van der Waals surface area contributed by atoms with Gasteiger partial charge < -0.3 is 0 Å². The standard InChI is InChI=1S/C74H44/c1-3-19-45(20-4-1)69-59-31-15-17-33-61(59)71(67-41-49-25-9-7-23-47(49)39-65(67)69)51-35-37-55-53-27-11-14-30-58(53)74-64-44-52(36-38-56(64)54-28-12-13-29-57(54)73(74)63(55)43-51)72-62-34-18-16-32-60(62)70(46-21-5-2-6-22-46)66-40-48-24-8-10-26-50(48)42-68(66)72/h1-44H. The highest BCUT2D eigenvalue weighted by Crippen LogP contribution is 2.51. The second kappa shape index (κ2) is 15.9. The molecule has 0 aliphatic rings. The van der Waals surface area contributed by atoms with Gasteiger partial charge in [0.1, 0.15) is 0 Å². The quantitative estimate of drug-likeness (QED) is 0.122. The predicted octanol–water partition coefficient (Wildman–Crippen LogP) is 21.0. The monoisotopic (exact) mass is 932 g/mol. The molecule has 0 radical (unpaired) electrons. The van der Waals surface area contributed by atoms with Crippen LogP contribution in [0.4, 0.5) is 0 Å². The zero-order valence-corrected chi connectivity index (χ0v) is 40.4. The Kier molecular flexibility index (Phi) is 8.84. The van der Waals surface area contributed by atoms with E-state index in [9.17, 15) is 0 Å². The average Bonchev–Trinajstić information content (AvgIpc) is 3.47. The number of hydrogen-bond donors (Lipinski definition) is 0. The molecule has 0 heteroatoms. The molecule has 340 valence electrons. The molecule has 0 amide bonds. The third-order valence-electron chi connectivity index (χ3n) is 16.3. The lowest BCUT2D eigenvalue weighted by Gasteiger charge is -2.21. The molecule has 0 aliphatic heterocycles. The van der Waals surface area contributed by atoms with Crippen molar-refractivity contribution in [1.82, 2.24) is 0 Å². The minimum atomic E-state index is 1.21. The normalized spacial score (nSPS) is 12.1. The maximum Gasteiger partial charge on any atom is -0.00137 e. The smallest absolute Gasteiger partial charge is 0.00137 e. The van der Waals surface area contributed by atoms with Crippen LogP contribution in [0.15, 0.2) is 267 Å². The van der Waals surface area contributed by atoms with Gasteiger partial charge >= 0.3 is 0 Å². The highest BCUT2D eigenvalue weighted by Gasteiger charge is 2.23. The van der Waals surface area contributed by atoms with Crippen molar-refractivity contribution in [3.05, 3.63) is 267 Å². The van der Waals surface area contributed by atoms with Crippen LogP contribution in [0.2, 0.25) is 0 Å². The van der Waals surface area contributed by atoms with E-state index in [0.717, 1.165) is 0 Å². The second-order valence-corrected chi connectivity index (χ2v) is 20.2. The lowest BCUT2D eigenvalue weighted by molar-refractivity contribution is 1.67. The van der Waals surface area contributed by atoms with Gasteiger partial charge in [-0.25, -0.2) is 0 Å². The Hall–Kier alpha value is -9.62. The van der Waals surface area contributed by atoms with Gasteiger partial charge in [0.05, 0.1) is 0 Å². The minimum absolute atomic E-state index is 1.21. The van der Waals surface area contributed by atoms with Crippen molar-refractivity contribution in [2.45, 2.75) is 0 Å². The molecule has 0 spiro atoms. The fourth-order valence-electron chi connectivity index (χ4n) is 13.2. The van der Waals surface area contributed by atoms with Crippen molar-refractivity contribution in [1.29, 1.82) is 0 Å².